The Morgan fingerprint density at radius 2 is 2.27 bits per heavy atom. The fourth-order valence-electron chi connectivity index (χ4n) is 1.30. The van der Waals surface area contributed by atoms with Gasteiger partial charge in [-0.3, -0.25) is 9.78 Å². The number of nitrogens with zero attached hydrogens (tertiary/aromatic N) is 1. The third-order valence-corrected chi connectivity index (χ3v) is 2.68. The highest BCUT2D eigenvalue weighted by molar-refractivity contribution is 6.03. The lowest BCUT2D eigenvalue weighted by molar-refractivity contribution is 0.0935. The average molecular weight is 207 g/mol. The summed E-state index contributed by atoms with van der Waals surface area (Å²) in [4.78, 5) is 15.8. The molecule has 2 unspecified atom stereocenters. The van der Waals surface area contributed by atoms with E-state index >= 15 is 0 Å². The molecule has 2 atom stereocenters. The lowest BCUT2D eigenvalue weighted by atomic mass is 9.93. The molecule has 0 amide bonds. The van der Waals surface area contributed by atoms with E-state index in [0.717, 1.165) is 6.42 Å². The van der Waals surface area contributed by atoms with Crippen molar-refractivity contribution in [2.75, 3.05) is 5.73 Å². The van der Waals surface area contributed by atoms with E-state index in [-0.39, 0.29) is 11.7 Å². The maximum absolute atomic E-state index is 11.9. The Labute approximate surface area is 89.7 Å². The standard InChI is InChI=1S/C11H17N3O/c1-3-7(2)10(13)11(15)8-6-14-5-4-9(8)12/h4-7,10H,3,13H2,1-2H3,(H2,12,14). The summed E-state index contributed by atoms with van der Waals surface area (Å²) in [7, 11) is 0. The average Bonchev–Trinajstić information content (AvgIpc) is 2.26. The number of pyridine rings is 1. The molecule has 1 aromatic rings. The number of nitrogen functional groups attached to an aromatic ring is 1. The van der Waals surface area contributed by atoms with Crippen LogP contribution in [0.3, 0.4) is 0 Å². The summed E-state index contributed by atoms with van der Waals surface area (Å²) in [6.45, 7) is 3.96. The number of hydrogen-bond donors (Lipinski definition) is 2. The van der Waals surface area contributed by atoms with E-state index in [1.807, 2.05) is 13.8 Å². The first-order valence-electron chi connectivity index (χ1n) is 5.07. The number of ketones is 1. The predicted octanol–water partition coefficient (Wildman–Crippen LogP) is 1.22. The molecule has 0 aliphatic carbocycles. The van der Waals surface area contributed by atoms with Gasteiger partial charge in [-0.15, -0.1) is 0 Å². The van der Waals surface area contributed by atoms with Crippen molar-refractivity contribution in [3.05, 3.63) is 24.0 Å². The first-order chi connectivity index (χ1) is 7.07. The number of anilines is 1. The van der Waals surface area contributed by atoms with Crippen molar-refractivity contribution in [2.24, 2.45) is 11.7 Å². The van der Waals surface area contributed by atoms with E-state index in [2.05, 4.69) is 4.98 Å². The van der Waals surface area contributed by atoms with Gasteiger partial charge in [-0.2, -0.15) is 0 Å². The number of rotatable bonds is 4. The molecule has 82 valence electrons. The molecular weight excluding hydrogens is 190 g/mol. The van der Waals surface area contributed by atoms with Crippen LogP contribution in [0.5, 0.6) is 0 Å². The Kier molecular flexibility index (Phi) is 3.80. The quantitative estimate of drug-likeness (QED) is 0.727. The van der Waals surface area contributed by atoms with Crippen LogP contribution in [0.1, 0.15) is 30.6 Å². The first kappa shape index (κ1) is 11.7. The van der Waals surface area contributed by atoms with Gasteiger partial charge in [0.15, 0.2) is 5.78 Å². The summed E-state index contributed by atoms with van der Waals surface area (Å²) in [5, 5.41) is 0. The van der Waals surface area contributed by atoms with Gasteiger partial charge < -0.3 is 11.5 Å². The molecule has 0 fully saturated rings. The first-order valence-corrected chi connectivity index (χ1v) is 5.07. The minimum atomic E-state index is -0.499. The van der Waals surface area contributed by atoms with Crippen LogP contribution in [0.15, 0.2) is 18.5 Å². The number of aromatic nitrogens is 1. The van der Waals surface area contributed by atoms with Crippen LogP contribution < -0.4 is 11.5 Å². The number of carbonyl (C=O) groups excluding carboxylic acids is 1. The highest BCUT2D eigenvalue weighted by Crippen LogP contribution is 2.15. The van der Waals surface area contributed by atoms with Crippen LogP contribution in [0.25, 0.3) is 0 Å². The monoisotopic (exact) mass is 207 g/mol. The lowest BCUT2D eigenvalue weighted by Crippen LogP contribution is -2.37. The molecule has 1 rings (SSSR count). The molecule has 0 aliphatic heterocycles. The van der Waals surface area contributed by atoms with Crippen LogP contribution in [-0.2, 0) is 0 Å². The van der Waals surface area contributed by atoms with Crippen LogP contribution in [0.2, 0.25) is 0 Å². The summed E-state index contributed by atoms with van der Waals surface area (Å²) >= 11 is 0. The molecule has 4 heteroatoms. The van der Waals surface area contributed by atoms with Gasteiger partial charge in [0, 0.05) is 18.1 Å². The molecule has 0 bridgehead atoms. The Hall–Kier alpha value is -1.42. The van der Waals surface area contributed by atoms with Crippen molar-refractivity contribution in [1.82, 2.24) is 4.98 Å². The second kappa shape index (κ2) is 4.89. The van der Waals surface area contributed by atoms with E-state index in [9.17, 15) is 4.79 Å². The number of hydrogen-bond acceptors (Lipinski definition) is 4. The van der Waals surface area contributed by atoms with Crippen molar-refractivity contribution in [3.63, 3.8) is 0 Å². The zero-order valence-electron chi connectivity index (χ0n) is 9.10. The van der Waals surface area contributed by atoms with Gasteiger partial charge in [0.05, 0.1) is 11.6 Å². The van der Waals surface area contributed by atoms with Crippen LogP contribution in [0, 0.1) is 5.92 Å². The van der Waals surface area contributed by atoms with E-state index < -0.39 is 6.04 Å². The zero-order valence-corrected chi connectivity index (χ0v) is 9.10. The molecule has 15 heavy (non-hydrogen) atoms. The number of nitrogens with two attached hydrogens (primary N) is 2. The van der Waals surface area contributed by atoms with Crippen molar-refractivity contribution >= 4 is 11.5 Å². The molecule has 1 aromatic heterocycles. The summed E-state index contributed by atoms with van der Waals surface area (Å²) in [6, 6.07) is 1.11. The molecule has 4 N–H and O–H groups in total. The second-order valence-corrected chi connectivity index (χ2v) is 3.74. The normalized spacial score (nSPS) is 14.6. The molecule has 0 saturated carbocycles. The molecule has 1 heterocycles. The van der Waals surface area contributed by atoms with Crippen molar-refractivity contribution in [3.8, 4) is 0 Å². The molecule has 4 nitrogen and oxygen atoms in total. The Bertz CT molecular complexity index is 351. The Morgan fingerprint density at radius 1 is 1.60 bits per heavy atom. The fourth-order valence-corrected chi connectivity index (χ4v) is 1.30. The topological polar surface area (TPSA) is 82.0 Å². The highest BCUT2D eigenvalue weighted by atomic mass is 16.1. The van der Waals surface area contributed by atoms with Crippen molar-refractivity contribution in [2.45, 2.75) is 26.3 Å². The third kappa shape index (κ3) is 2.53. The van der Waals surface area contributed by atoms with E-state index in [1.165, 1.54) is 6.20 Å². The smallest absolute Gasteiger partial charge is 0.183 e. The molecule has 0 radical (unpaired) electrons. The van der Waals surface area contributed by atoms with Gasteiger partial charge in [0.25, 0.3) is 0 Å². The molecule has 0 spiro atoms. The minimum Gasteiger partial charge on any atom is -0.398 e. The van der Waals surface area contributed by atoms with Gasteiger partial charge in [0.1, 0.15) is 0 Å². The van der Waals surface area contributed by atoms with Crippen LogP contribution in [-0.4, -0.2) is 16.8 Å². The maximum atomic E-state index is 11.9. The van der Waals surface area contributed by atoms with E-state index in [0.29, 0.717) is 11.3 Å². The molecule has 0 aromatic carbocycles. The molecular formula is C11H17N3O. The van der Waals surface area contributed by atoms with Gasteiger partial charge in [0.2, 0.25) is 0 Å². The van der Waals surface area contributed by atoms with Crippen molar-refractivity contribution in [1.29, 1.82) is 0 Å². The Balaban J connectivity index is 2.90. The molecule has 0 aliphatic rings. The van der Waals surface area contributed by atoms with Gasteiger partial charge >= 0.3 is 0 Å². The fraction of sp³-hybridized carbons (Fsp3) is 0.455. The van der Waals surface area contributed by atoms with Gasteiger partial charge in [-0.1, -0.05) is 20.3 Å². The zero-order chi connectivity index (χ0) is 11.4. The summed E-state index contributed by atoms with van der Waals surface area (Å²) in [5.74, 6) is 0.0204. The summed E-state index contributed by atoms with van der Waals surface area (Å²) in [6.07, 6.45) is 3.90. The lowest BCUT2D eigenvalue weighted by Gasteiger charge is -2.17. The largest absolute Gasteiger partial charge is 0.398 e. The maximum Gasteiger partial charge on any atom is 0.183 e. The van der Waals surface area contributed by atoms with E-state index in [1.54, 1.807) is 12.3 Å². The minimum absolute atomic E-state index is 0.130. The number of Topliss-reactive ketones (excluding diaryl/α,β-unsaturated/α-hetero) is 1. The van der Waals surface area contributed by atoms with Gasteiger partial charge in [-0.25, -0.2) is 0 Å². The number of carbonyl (C=O) groups is 1. The third-order valence-electron chi connectivity index (χ3n) is 2.68. The van der Waals surface area contributed by atoms with E-state index in [4.69, 9.17) is 11.5 Å². The Morgan fingerprint density at radius 3 is 2.80 bits per heavy atom. The molecule has 0 saturated heterocycles. The van der Waals surface area contributed by atoms with Crippen LogP contribution in [0.4, 0.5) is 5.69 Å². The van der Waals surface area contributed by atoms with Gasteiger partial charge in [-0.05, 0) is 12.0 Å². The summed E-state index contributed by atoms with van der Waals surface area (Å²) < 4.78 is 0. The highest BCUT2D eigenvalue weighted by Gasteiger charge is 2.22. The van der Waals surface area contributed by atoms with Crippen LogP contribution >= 0.6 is 0 Å². The van der Waals surface area contributed by atoms with Crippen molar-refractivity contribution < 1.29 is 4.79 Å². The summed E-state index contributed by atoms with van der Waals surface area (Å²) in [5.41, 5.74) is 12.4. The predicted molar refractivity (Wildman–Crippen MR) is 60.4 cm³/mol. The SMILES string of the molecule is CCC(C)C(N)C(=O)c1cnccc1N. The second-order valence-electron chi connectivity index (χ2n) is 3.74.